The first kappa shape index (κ1) is 14.0. The molecule has 1 aliphatic heterocycles. The second-order valence-electron chi connectivity index (χ2n) is 4.76. The van der Waals surface area contributed by atoms with Gasteiger partial charge in [0.05, 0.1) is 19.8 Å². The first-order valence-electron chi connectivity index (χ1n) is 6.59. The monoisotopic (exact) mass is 267 g/mol. The Hall–Kier alpha value is -1.37. The maximum atomic E-state index is 11.9. The second-order valence-corrected chi connectivity index (χ2v) is 4.76. The predicted octanol–water partition coefficient (Wildman–Crippen LogP) is 0.189. The quantitative estimate of drug-likeness (QED) is 0.796. The molecule has 19 heavy (non-hydrogen) atoms. The molecule has 1 aromatic rings. The van der Waals surface area contributed by atoms with Gasteiger partial charge in [0.15, 0.2) is 5.76 Å². The molecule has 1 fully saturated rings. The minimum absolute atomic E-state index is 0.0667. The van der Waals surface area contributed by atoms with Crippen LogP contribution in [0, 0.1) is 0 Å². The van der Waals surface area contributed by atoms with Gasteiger partial charge < -0.3 is 20.2 Å². The number of ether oxygens (including phenoxy) is 1. The molecule has 106 valence electrons. The van der Waals surface area contributed by atoms with Crippen LogP contribution in [0.1, 0.15) is 23.2 Å². The third-order valence-electron chi connectivity index (χ3n) is 3.10. The summed E-state index contributed by atoms with van der Waals surface area (Å²) in [5.41, 5.74) is 5.44. The Kier molecular flexibility index (Phi) is 4.95. The molecule has 6 heteroatoms. The lowest BCUT2D eigenvalue weighted by atomic mass is 10.2. The van der Waals surface area contributed by atoms with E-state index in [-0.39, 0.29) is 11.9 Å². The maximum Gasteiger partial charge on any atom is 0.287 e. The van der Waals surface area contributed by atoms with Crippen molar-refractivity contribution in [1.29, 1.82) is 0 Å². The van der Waals surface area contributed by atoms with E-state index in [0.717, 1.165) is 32.8 Å². The van der Waals surface area contributed by atoms with E-state index >= 15 is 0 Å². The van der Waals surface area contributed by atoms with Gasteiger partial charge in [-0.25, -0.2) is 0 Å². The molecule has 1 unspecified atom stereocenters. The zero-order chi connectivity index (χ0) is 13.7. The fourth-order valence-electron chi connectivity index (χ4n) is 2.12. The van der Waals surface area contributed by atoms with E-state index in [4.69, 9.17) is 14.9 Å². The summed E-state index contributed by atoms with van der Waals surface area (Å²) >= 11 is 0. The van der Waals surface area contributed by atoms with Crippen LogP contribution in [0.2, 0.25) is 0 Å². The first-order chi connectivity index (χ1) is 9.19. The van der Waals surface area contributed by atoms with Crippen LogP contribution >= 0.6 is 0 Å². The number of morpholine rings is 1. The lowest BCUT2D eigenvalue weighted by Crippen LogP contribution is -2.45. The summed E-state index contributed by atoms with van der Waals surface area (Å²) in [6.07, 6.45) is 0. The van der Waals surface area contributed by atoms with Crippen LogP contribution in [-0.2, 0) is 11.3 Å². The largest absolute Gasteiger partial charge is 0.455 e. The molecule has 1 saturated heterocycles. The Morgan fingerprint density at radius 2 is 2.21 bits per heavy atom. The van der Waals surface area contributed by atoms with Crippen LogP contribution in [0.4, 0.5) is 0 Å². The Morgan fingerprint density at radius 1 is 1.47 bits per heavy atom. The van der Waals surface area contributed by atoms with Gasteiger partial charge in [-0.3, -0.25) is 9.69 Å². The molecule has 0 bridgehead atoms. The summed E-state index contributed by atoms with van der Waals surface area (Å²) in [5.74, 6) is 0.737. The molecule has 0 aromatic carbocycles. The molecule has 2 rings (SSSR count). The van der Waals surface area contributed by atoms with Crippen molar-refractivity contribution in [2.45, 2.75) is 19.5 Å². The topological polar surface area (TPSA) is 80.7 Å². The van der Waals surface area contributed by atoms with Crippen LogP contribution < -0.4 is 11.1 Å². The van der Waals surface area contributed by atoms with Crippen molar-refractivity contribution < 1.29 is 13.9 Å². The van der Waals surface area contributed by atoms with E-state index in [9.17, 15) is 4.79 Å². The molecule has 0 aliphatic carbocycles. The second kappa shape index (κ2) is 6.70. The molecular formula is C13H21N3O3. The molecule has 0 spiro atoms. The van der Waals surface area contributed by atoms with Gasteiger partial charge in [-0.2, -0.15) is 0 Å². The third kappa shape index (κ3) is 4.05. The van der Waals surface area contributed by atoms with Crippen LogP contribution in [0.15, 0.2) is 16.5 Å². The van der Waals surface area contributed by atoms with Crippen molar-refractivity contribution in [3.8, 4) is 0 Å². The average Bonchev–Trinajstić information content (AvgIpc) is 2.88. The summed E-state index contributed by atoms with van der Waals surface area (Å²) in [5, 5.41) is 2.92. The molecule has 2 heterocycles. The maximum absolute atomic E-state index is 11.9. The smallest absolute Gasteiger partial charge is 0.287 e. The predicted molar refractivity (Wildman–Crippen MR) is 70.8 cm³/mol. The fraction of sp³-hybridized carbons (Fsp3) is 0.615. The number of nitrogens with one attached hydrogen (secondary N) is 1. The number of amides is 1. The molecule has 1 atom stereocenters. The number of furan rings is 1. The molecule has 6 nitrogen and oxygen atoms in total. The Labute approximate surface area is 112 Å². The van der Waals surface area contributed by atoms with E-state index in [0.29, 0.717) is 18.1 Å². The van der Waals surface area contributed by atoms with Gasteiger partial charge in [0.25, 0.3) is 5.91 Å². The van der Waals surface area contributed by atoms with Crippen LogP contribution in [0.5, 0.6) is 0 Å². The highest BCUT2D eigenvalue weighted by Crippen LogP contribution is 2.07. The van der Waals surface area contributed by atoms with Gasteiger partial charge in [-0.05, 0) is 19.1 Å². The van der Waals surface area contributed by atoms with Gasteiger partial charge in [-0.1, -0.05) is 0 Å². The fourth-order valence-corrected chi connectivity index (χ4v) is 2.12. The van der Waals surface area contributed by atoms with Crippen molar-refractivity contribution in [2.75, 3.05) is 32.8 Å². The van der Waals surface area contributed by atoms with Crippen LogP contribution in [0.3, 0.4) is 0 Å². The van der Waals surface area contributed by atoms with Gasteiger partial charge >= 0.3 is 0 Å². The molecule has 0 saturated carbocycles. The normalized spacial score (nSPS) is 18.2. The van der Waals surface area contributed by atoms with E-state index in [1.165, 1.54) is 0 Å². The van der Waals surface area contributed by atoms with E-state index in [1.807, 2.05) is 6.92 Å². The highest BCUT2D eigenvalue weighted by Gasteiger charge is 2.17. The Balaban J connectivity index is 1.80. The number of rotatable bonds is 5. The zero-order valence-corrected chi connectivity index (χ0v) is 11.2. The molecular weight excluding hydrogens is 246 g/mol. The lowest BCUT2D eigenvalue weighted by Gasteiger charge is -2.29. The summed E-state index contributed by atoms with van der Waals surface area (Å²) in [4.78, 5) is 14.2. The molecule has 1 aromatic heterocycles. The Bertz CT molecular complexity index is 413. The van der Waals surface area contributed by atoms with Gasteiger partial charge in [0, 0.05) is 25.7 Å². The van der Waals surface area contributed by atoms with E-state index in [1.54, 1.807) is 12.1 Å². The minimum atomic E-state index is -0.194. The molecule has 1 amide bonds. The summed E-state index contributed by atoms with van der Waals surface area (Å²) in [7, 11) is 0. The van der Waals surface area contributed by atoms with Gasteiger partial charge in [-0.15, -0.1) is 0 Å². The van der Waals surface area contributed by atoms with Crippen LogP contribution in [0.25, 0.3) is 0 Å². The number of nitrogens with two attached hydrogens (primary N) is 1. The van der Waals surface area contributed by atoms with Crippen molar-refractivity contribution in [1.82, 2.24) is 10.2 Å². The Morgan fingerprint density at radius 3 is 2.84 bits per heavy atom. The number of carbonyl (C=O) groups excluding carboxylic acids is 1. The number of hydrogen-bond acceptors (Lipinski definition) is 5. The molecule has 3 N–H and O–H groups in total. The summed E-state index contributed by atoms with van der Waals surface area (Å²) in [6.45, 7) is 6.46. The van der Waals surface area contributed by atoms with E-state index < -0.39 is 0 Å². The number of nitrogens with zero attached hydrogens (tertiary/aromatic N) is 1. The van der Waals surface area contributed by atoms with Gasteiger partial charge in [0.2, 0.25) is 0 Å². The zero-order valence-electron chi connectivity index (χ0n) is 11.2. The number of carbonyl (C=O) groups is 1. The highest BCUT2D eigenvalue weighted by atomic mass is 16.5. The number of hydrogen-bond donors (Lipinski definition) is 2. The third-order valence-corrected chi connectivity index (χ3v) is 3.10. The first-order valence-corrected chi connectivity index (χ1v) is 6.59. The van der Waals surface area contributed by atoms with Crippen molar-refractivity contribution in [3.05, 3.63) is 23.7 Å². The average molecular weight is 267 g/mol. The minimum Gasteiger partial charge on any atom is -0.455 e. The lowest BCUT2D eigenvalue weighted by molar-refractivity contribution is 0.0341. The van der Waals surface area contributed by atoms with Crippen molar-refractivity contribution in [3.63, 3.8) is 0 Å². The SMILES string of the molecule is CC(CN1CCOCC1)NC(=O)c1ccc(CN)o1. The summed E-state index contributed by atoms with van der Waals surface area (Å²) < 4.78 is 10.6. The van der Waals surface area contributed by atoms with E-state index in [2.05, 4.69) is 10.2 Å². The summed E-state index contributed by atoms with van der Waals surface area (Å²) in [6, 6.07) is 3.44. The molecule has 1 aliphatic rings. The van der Waals surface area contributed by atoms with Crippen molar-refractivity contribution >= 4 is 5.91 Å². The van der Waals surface area contributed by atoms with Gasteiger partial charge in [0.1, 0.15) is 5.76 Å². The molecule has 0 radical (unpaired) electrons. The van der Waals surface area contributed by atoms with Crippen LogP contribution in [-0.4, -0.2) is 49.7 Å². The van der Waals surface area contributed by atoms with Crippen molar-refractivity contribution in [2.24, 2.45) is 5.73 Å². The highest BCUT2D eigenvalue weighted by molar-refractivity contribution is 5.91. The standard InChI is InChI=1S/C13H21N3O3/c1-10(9-16-4-6-18-7-5-16)15-13(17)12-3-2-11(8-14)19-12/h2-3,10H,4-9,14H2,1H3,(H,15,17).